The highest BCUT2D eigenvalue weighted by Gasteiger charge is 2.24. The highest BCUT2D eigenvalue weighted by molar-refractivity contribution is 9.08. The summed E-state index contributed by atoms with van der Waals surface area (Å²) >= 11 is 9.05. The Kier molecular flexibility index (Phi) is 5.12. The predicted octanol–water partition coefficient (Wildman–Crippen LogP) is 5.65. The molecule has 3 rings (SSSR count). The number of fused-ring (bicyclic) bond motifs is 2. The minimum absolute atomic E-state index is 0.0226. The van der Waals surface area contributed by atoms with E-state index in [0.717, 1.165) is 44.4 Å². The molecular weight excluding hydrogens is 448 g/mol. The number of hydrogen-bond donors (Lipinski definition) is 0. The average Bonchev–Trinajstić information content (AvgIpc) is 2.54. The standard InChI is InChI=1S/C16H10Br2O2S2/c17-7-9-1-3-13-11(5-9)15(19)22-14-4-2-10(8-18)6-12(14)16(20)21-13/h1-6H,7-8H2. The number of alkyl halides is 2. The molecule has 1 aliphatic rings. The second-order valence-corrected chi connectivity index (χ2v) is 7.86. The molecule has 0 radical (unpaired) electrons. The first-order valence-corrected chi connectivity index (χ1v) is 10.3. The van der Waals surface area contributed by atoms with Crippen molar-refractivity contribution < 1.29 is 9.59 Å². The second-order valence-electron chi connectivity index (χ2n) is 4.71. The molecule has 0 N–H and O–H groups in total. The first-order chi connectivity index (χ1) is 10.6. The van der Waals surface area contributed by atoms with Gasteiger partial charge in [-0.2, -0.15) is 0 Å². The van der Waals surface area contributed by atoms with Crippen LogP contribution in [0, 0.1) is 0 Å². The Labute approximate surface area is 153 Å². The van der Waals surface area contributed by atoms with E-state index in [1.165, 1.54) is 0 Å². The van der Waals surface area contributed by atoms with E-state index in [2.05, 4.69) is 31.9 Å². The SMILES string of the molecule is O=C1Sc2ccc(CBr)cc2C(=O)Sc2ccc(CBr)cc21. The fourth-order valence-electron chi connectivity index (χ4n) is 2.13. The molecule has 2 aromatic carbocycles. The van der Waals surface area contributed by atoms with E-state index < -0.39 is 0 Å². The van der Waals surface area contributed by atoms with Crippen LogP contribution in [0.25, 0.3) is 0 Å². The van der Waals surface area contributed by atoms with Crippen LogP contribution in [0.4, 0.5) is 0 Å². The van der Waals surface area contributed by atoms with Crippen LogP contribution in [0.5, 0.6) is 0 Å². The second kappa shape index (κ2) is 6.91. The van der Waals surface area contributed by atoms with Crippen molar-refractivity contribution in [2.24, 2.45) is 0 Å². The van der Waals surface area contributed by atoms with E-state index >= 15 is 0 Å². The maximum Gasteiger partial charge on any atom is 0.225 e. The minimum Gasteiger partial charge on any atom is -0.281 e. The monoisotopic (exact) mass is 456 g/mol. The van der Waals surface area contributed by atoms with Crippen LogP contribution in [0.2, 0.25) is 0 Å². The van der Waals surface area contributed by atoms with Crippen molar-refractivity contribution in [1.29, 1.82) is 0 Å². The molecule has 0 aromatic heterocycles. The van der Waals surface area contributed by atoms with Gasteiger partial charge in [0.25, 0.3) is 0 Å². The summed E-state index contributed by atoms with van der Waals surface area (Å²) in [7, 11) is 0. The Hall–Kier alpha value is -0.560. The number of hydrogen-bond acceptors (Lipinski definition) is 4. The lowest BCUT2D eigenvalue weighted by molar-refractivity contribution is 0.108. The quantitative estimate of drug-likeness (QED) is 0.545. The highest BCUT2D eigenvalue weighted by atomic mass is 79.9. The van der Waals surface area contributed by atoms with Gasteiger partial charge < -0.3 is 0 Å². The molecule has 1 heterocycles. The van der Waals surface area contributed by atoms with E-state index in [1.807, 2.05) is 36.4 Å². The Morgan fingerprint density at radius 3 is 1.50 bits per heavy atom. The molecule has 0 fully saturated rings. The Morgan fingerprint density at radius 2 is 1.14 bits per heavy atom. The summed E-state index contributed by atoms with van der Waals surface area (Å²) in [5, 5.41) is 1.32. The molecule has 2 aromatic rings. The number of thioether (sulfide) groups is 2. The van der Waals surface area contributed by atoms with E-state index in [9.17, 15) is 9.59 Å². The van der Waals surface area contributed by atoms with Gasteiger partial charge in [0, 0.05) is 31.6 Å². The van der Waals surface area contributed by atoms with Crippen molar-refractivity contribution in [3.8, 4) is 0 Å². The lowest BCUT2D eigenvalue weighted by atomic mass is 10.1. The molecule has 0 saturated heterocycles. The van der Waals surface area contributed by atoms with Crippen LogP contribution in [0.1, 0.15) is 31.8 Å². The van der Waals surface area contributed by atoms with E-state index in [-0.39, 0.29) is 10.2 Å². The third kappa shape index (κ3) is 3.20. The van der Waals surface area contributed by atoms with Gasteiger partial charge in [-0.3, -0.25) is 9.59 Å². The molecule has 0 atom stereocenters. The molecule has 6 heteroatoms. The summed E-state index contributed by atoms with van der Waals surface area (Å²) in [5.41, 5.74) is 3.26. The molecule has 1 aliphatic heterocycles. The minimum atomic E-state index is -0.0226. The normalized spacial score (nSPS) is 14.1. The maximum absolute atomic E-state index is 12.6. The summed E-state index contributed by atoms with van der Waals surface area (Å²) in [5.74, 6) is 0. The van der Waals surface area contributed by atoms with Crippen molar-refractivity contribution in [2.45, 2.75) is 20.5 Å². The lowest BCUT2D eigenvalue weighted by Gasteiger charge is -2.15. The van der Waals surface area contributed by atoms with E-state index in [1.54, 1.807) is 0 Å². The van der Waals surface area contributed by atoms with Gasteiger partial charge in [-0.1, -0.05) is 44.0 Å². The van der Waals surface area contributed by atoms with Crippen LogP contribution in [-0.2, 0) is 10.7 Å². The predicted molar refractivity (Wildman–Crippen MR) is 98.5 cm³/mol. The van der Waals surface area contributed by atoms with Gasteiger partial charge in [0.15, 0.2) is 0 Å². The summed E-state index contributed by atoms with van der Waals surface area (Å²) in [6.07, 6.45) is 0. The highest BCUT2D eigenvalue weighted by Crippen LogP contribution is 2.38. The number of rotatable bonds is 2. The van der Waals surface area contributed by atoms with Gasteiger partial charge in [-0.05, 0) is 58.9 Å². The van der Waals surface area contributed by atoms with Crippen molar-refractivity contribution in [3.05, 3.63) is 58.7 Å². The van der Waals surface area contributed by atoms with Gasteiger partial charge in [0.2, 0.25) is 10.2 Å². The maximum atomic E-state index is 12.6. The lowest BCUT2D eigenvalue weighted by Crippen LogP contribution is -2.06. The topological polar surface area (TPSA) is 34.1 Å². The Balaban J connectivity index is 2.09. The fourth-order valence-corrected chi connectivity index (χ4v) is 4.71. The van der Waals surface area contributed by atoms with Crippen LogP contribution in [-0.4, -0.2) is 10.2 Å². The molecule has 2 nitrogen and oxygen atoms in total. The molecule has 112 valence electrons. The number of benzene rings is 2. The molecule has 0 unspecified atom stereocenters. The smallest absolute Gasteiger partial charge is 0.225 e. The zero-order chi connectivity index (χ0) is 15.7. The van der Waals surface area contributed by atoms with Crippen LogP contribution in [0.3, 0.4) is 0 Å². The summed E-state index contributed by atoms with van der Waals surface area (Å²) < 4.78 is 0. The number of halogens is 2. The van der Waals surface area contributed by atoms with Crippen molar-refractivity contribution in [3.63, 3.8) is 0 Å². The van der Waals surface area contributed by atoms with Gasteiger partial charge in [-0.25, -0.2) is 0 Å². The Bertz CT molecular complexity index is 709. The molecule has 0 aliphatic carbocycles. The fraction of sp³-hybridized carbons (Fsp3) is 0.125. The Morgan fingerprint density at radius 1 is 0.727 bits per heavy atom. The first-order valence-electron chi connectivity index (χ1n) is 6.44. The average molecular weight is 458 g/mol. The van der Waals surface area contributed by atoms with Crippen molar-refractivity contribution in [1.82, 2.24) is 0 Å². The molecule has 0 spiro atoms. The van der Waals surface area contributed by atoms with Crippen LogP contribution >= 0.6 is 55.4 Å². The van der Waals surface area contributed by atoms with Gasteiger partial charge in [0.05, 0.1) is 0 Å². The van der Waals surface area contributed by atoms with Gasteiger partial charge >= 0.3 is 0 Å². The summed E-state index contributed by atoms with van der Waals surface area (Å²) in [6.45, 7) is 0. The molecule has 22 heavy (non-hydrogen) atoms. The molecule has 0 saturated carbocycles. The third-order valence-corrected chi connectivity index (χ3v) is 6.50. The number of carbonyl (C=O) groups is 2. The third-order valence-electron chi connectivity index (χ3n) is 3.24. The largest absolute Gasteiger partial charge is 0.281 e. The first kappa shape index (κ1) is 16.3. The summed E-state index contributed by atoms with van der Waals surface area (Å²) in [4.78, 5) is 26.6. The zero-order valence-corrected chi connectivity index (χ0v) is 16.1. The zero-order valence-electron chi connectivity index (χ0n) is 11.3. The molecule has 0 amide bonds. The molecular formula is C16H10Br2O2S2. The van der Waals surface area contributed by atoms with Crippen LogP contribution in [0.15, 0.2) is 46.2 Å². The summed E-state index contributed by atoms with van der Waals surface area (Å²) in [6, 6.07) is 11.3. The van der Waals surface area contributed by atoms with E-state index in [4.69, 9.17) is 0 Å². The van der Waals surface area contributed by atoms with Gasteiger partial charge in [0.1, 0.15) is 0 Å². The van der Waals surface area contributed by atoms with Crippen molar-refractivity contribution >= 4 is 65.6 Å². The number of carbonyl (C=O) groups excluding carboxylic acids is 2. The molecule has 0 bridgehead atoms. The van der Waals surface area contributed by atoms with Crippen LogP contribution < -0.4 is 0 Å². The van der Waals surface area contributed by atoms with Gasteiger partial charge in [-0.15, -0.1) is 0 Å². The van der Waals surface area contributed by atoms with E-state index in [0.29, 0.717) is 21.8 Å². The van der Waals surface area contributed by atoms with Crippen molar-refractivity contribution in [2.75, 3.05) is 0 Å².